The van der Waals surface area contributed by atoms with Crippen molar-refractivity contribution < 1.29 is 0 Å². The van der Waals surface area contributed by atoms with Crippen LogP contribution in [0.15, 0.2) is 0 Å². The maximum atomic E-state index is 4.95. The minimum atomic E-state index is 0.0642. The number of hydrogen-bond donors (Lipinski definition) is 1. The molecule has 0 radical (unpaired) electrons. The van der Waals surface area contributed by atoms with Gasteiger partial charge in [0.15, 0.2) is 0 Å². The van der Waals surface area contributed by atoms with Gasteiger partial charge < -0.3 is 5.32 Å². The van der Waals surface area contributed by atoms with Crippen molar-refractivity contribution in [3.05, 3.63) is 0 Å². The first-order valence-electron chi connectivity index (χ1n) is 2.29. The molecule has 0 aliphatic heterocycles. The third-order valence-corrected chi connectivity index (χ3v) is 0.447. The van der Waals surface area contributed by atoms with Crippen LogP contribution in [0.25, 0.3) is 0 Å². The van der Waals surface area contributed by atoms with E-state index in [9.17, 15) is 0 Å². The van der Waals surface area contributed by atoms with Crippen LogP contribution in [0.2, 0.25) is 0 Å². The van der Waals surface area contributed by atoms with E-state index in [0.717, 1.165) is 0 Å². The normalized spacial score (nSPS) is 10.0. The average Bonchev–Trinajstić information content (AvgIpc) is 1.30. The Morgan fingerprint density at radius 2 is 1.86 bits per heavy atom. The average molecular weight is 97.2 g/mol. The van der Waals surface area contributed by atoms with Crippen molar-refractivity contribution in [1.29, 1.82) is 0 Å². The SMILES string of the molecule is C#CNC(C)(C)C. The third-order valence-electron chi connectivity index (χ3n) is 0.447. The van der Waals surface area contributed by atoms with Crippen LogP contribution in [0, 0.1) is 12.5 Å². The predicted molar refractivity (Wildman–Crippen MR) is 31.7 cm³/mol. The molecule has 0 saturated heterocycles. The van der Waals surface area contributed by atoms with Gasteiger partial charge in [-0.25, -0.2) is 0 Å². The molecular weight excluding hydrogens is 86.1 g/mol. The Morgan fingerprint density at radius 3 is 1.86 bits per heavy atom. The summed E-state index contributed by atoms with van der Waals surface area (Å²) in [6.45, 7) is 6.06. The van der Waals surface area contributed by atoms with Gasteiger partial charge in [-0.1, -0.05) is 6.42 Å². The lowest BCUT2D eigenvalue weighted by atomic mass is 10.1. The highest BCUT2D eigenvalue weighted by Crippen LogP contribution is 1.94. The van der Waals surface area contributed by atoms with Crippen molar-refractivity contribution >= 4 is 0 Å². The minimum absolute atomic E-state index is 0.0642. The van der Waals surface area contributed by atoms with Crippen molar-refractivity contribution in [2.75, 3.05) is 0 Å². The molecule has 0 rings (SSSR count). The Bertz CT molecular complexity index is 81.3. The summed E-state index contributed by atoms with van der Waals surface area (Å²) in [6.07, 6.45) is 4.95. The molecule has 0 spiro atoms. The highest BCUT2D eigenvalue weighted by Gasteiger charge is 2.03. The largest absolute Gasteiger partial charge is 0.341 e. The molecule has 0 unspecified atom stereocenters. The van der Waals surface area contributed by atoms with Gasteiger partial charge in [0.05, 0.1) is 0 Å². The smallest absolute Gasteiger partial charge is 0.0365 e. The monoisotopic (exact) mass is 97.1 g/mol. The van der Waals surface area contributed by atoms with Gasteiger partial charge in [-0.3, -0.25) is 0 Å². The summed E-state index contributed by atoms with van der Waals surface area (Å²) in [5.74, 6) is 0. The van der Waals surface area contributed by atoms with Gasteiger partial charge in [-0.05, 0) is 20.8 Å². The summed E-state index contributed by atoms with van der Waals surface area (Å²) in [7, 11) is 0. The van der Waals surface area contributed by atoms with Gasteiger partial charge in [0, 0.05) is 11.6 Å². The second kappa shape index (κ2) is 1.88. The molecule has 0 fully saturated rings. The van der Waals surface area contributed by atoms with Crippen molar-refractivity contribution in [3.63, 3.8) is 0 Å². The van der Waals surface area contributed by atoms with E-state index in [1.54, 1.807) is 0 Å². The molecule has 0 atom stereocenters. The summed E-state index contributed by atoms with van der Waals surface area (Å²) in [4.78, 5) is 0. The fourth-order valence-corrected chi connectivity index (χ4v) is 0.217. The molecule has 0 aliphatic carbocycles. The van der Waals surface area contributed by atoms with Crippen LogP contribution in [-0.2, 0) is 0 Å². The highest BCUT2D eigenvalue weighted by atomic mass is 14.9. The molecule has 0 amide bonds. The van der Waals surface area contributed by atoms with Crippen LogP contribution in [-0.4, -0.2) is 5.54 Å². The van der Waals surface area contributed by atoms with Gasteiger partial charge in [-0.2, -0.15) is 0 Å². The van der Waals surface area contributed by atoms with Gasteiger partial charge in [0.2, 0.25) is 0 Å². The number of nitrogens with one attached hydrogen (secondary N) is 1. The predicted octanol–water partition coefficient (Wildman–Crippen LogP) is 0.965. The molecule has 0 aliphatic rings. The summed E-state index contributed by atoms with van der Waals surface area (Å²) in [5, 5.41) is 2.81. The first-order valence-corrected chi connectivity index (χ1v) is 2.29. The van der Waals surface area contributed by atoms with Crippen molar-refractivity contribution in [2.45, 2.75) is 26.3 Å². The molecule has 0 aromatic carbocycles. The standard InChI is InChI=1S/C6H11N/c1-5-7-6(2,3)4/h1,7H,2-4H3. The molecule has 0 saturated carbocycles. The zero-order valence-corrected chi connectivity index (χ0v) is 5.08. The summed E-state index contributed by atoms with van der Waals surface area (Å²) >= 11 is 0. The van der Waals surface area contributed by atoms with E-state index in [0.29, 0.717) is 0 Å². The summed E-state index contributed by atoms with van der Waals surface area (Å²) in [6, 6.07) is 2.36. The first kappa shape index (κ1) is 6.36. The second-order valence-electron chi connectivity index (χ2n) is 2.52. The third kappa shape index (κ3) is 5.36. The van der Waals surface area contributed by atoms with Gasteiger partial charge in [0.25, 0.3) is 0 Å². The Kier molecular flexibility index (Phi) is 1.71. The number of hydrogen-bond acceptors (Lipinski definition) is 1. The molecule has 0 aromatic heterocycles. The Morgan fingerprint density at radius 1 is 1.43 bits per heavy atom. The summed E-state index contributed by atoms with van der Waals surface area (Å²) in [5.41, 5.74) is 0.0642. The lowest BCUT2D eigenvalue weighted by Crippen LogP contribution is -2.31. The molecule has 0 heterocycles. The van der Waals surface area contributed by atoms with Crippen LogP contribution in [0.3, 0.4) is 0 Å². The quantitative estimate of drug-likeness (QED) is 0.351. The van der Waals surface area contributed by atoms with E-state index in [1.165, 1.54) is 0 Å². The molecular formula is C6H11N. The molecule has 7 heavy (non-hydrogen) atoms. The first-order chi connectivity index (χ1) is 3.06. The van der Waals surface area contributed by atoms with E-state index in [1.807, 2.05) is 20.8 Å². The zero-order valence-electron chi connectivity index (χ0n) is 5.08. The molecule has 40 valence electrons. The van der Waals surface area contributed by atoms with Crippen molar-refractivity contribution in [1.82, 2.24) is 5.32 Å². The highest BCUT2D eigenvalue weighted by molar-refractivity contribution is 4.87. The maximum Gasteiger partial charge on any atom is 0.0365 e. The van der Waals surface area contributed by atoms with Gasteiger partial charge in [-0.15, -0.1) is 0 Å². The molecule has 1 N–H and O–H groups in total. The Labute approximate surface area is 45.1 Å². The van der Waals surface area contributed by atoms with Crippen LogP contribution in [0.1, 0.15) is 20.8 Å². The van der Waals surface area contributed by atoms with E-state index >= 15 is 0 Å². The van der Waals surface area contributed by atoms with E-state index < -0.39 is 0 Å². The Hall–Kier alpha value is -0.640. The topological polar surface area (TPSA) is 12.0 Å². The van der Waals surface area contributed by atoms with Crippen LogP contribution in [0.4, 0.5) is 0 Å². The van der Waals surface area contributed by atoms with Crippen molar-refractivity contribution in [3.8, 4) is 12.5 Å². The number of rotatable bonds is 0. The van der Waals surface area contributed by atoms with E-state index in [-0.39, 0.29) is 5.54 Å². The van der Waals surface area contributed by atoms with Crippen LogP contribution >= 0.6 is 0 Å². The fraction of sp³-hybridized carbons (Fsp3) is 0.667. The molecule has 1 heteroatoms. The van der Waals surface area contributed by atoms with Crippen molar-refractivity contribution in [2.24, 2.45) is 0 Å². The van der Waals surface area contributed by atoms with Crippen LogP contribution < -0.4 is 5.32 Å². The second-order valence-corrected chi connectivity index (χ2v) is 2.52. The molecule has 1 nitrogen and oxygen atoms in total. The van der Waals surface area contributed by atoms with E-state index in [2.05, 4.69) is 11.4 Å². The summed E-state index contributed by atoms with van der Waals surface area (Å²) < 4.78 is 0. The lowest BCUT2D eigenvalue weighted by molar-refractivity contribution is 0.503. The minimum Gasteiger partial charge on any atom is -0.341 e. The van der Waals surface area contributed by atoms with E-state index in [4.69, 9.17) is 6.42 Å². The molecule has 0 bridgehead atoms. The molecule has 0 aromatic rings. The maximum absolute atomic E-state index is 4.95. The Balaban J connectivity index is 3.40. The zero-order chi connectivity index (χ0) is 5.91. The van der Waals surface area contributed by atoms with Gasteiger partial charge in [0.1, 0.15) is 0 Å². The van der Waals surface area contributed by atoms with Crippen LogP contribution in [0.5, 0.6) is 0 Å². The lowest BCUT2D eigenvalue weighted by Gasteiger charge is -2.15. The number of terminal acetylenes is 1. The van der Waals surface area contributed by atoms with Gasteiger partial charge >= 0.3 is 0 Å². The fourth-order valence-electron chi connectivity index (χ4n) is 0.217.